The van der Waals surface area contributed by atoms with Crippen LogP contribution in [0.15, 0.2) is 48.7 Å². The van der Waals surface area contributed by atoms with E-state index in [0.29, 0.717) is 0 Å². The van der Waals surface area contributed by atoms with Gasteiger partial charge in [0.1, 0.15) is 5.82 Å². The van der Waals surface area contributed by atoms with Crippen molar-refractivity contribution in [3.05, 3.63) is 54.2 Å². The summed E-state index contributed by atoms with van der Waals surface area (Å²) in [5.41, 5.74) is 2.52. The Bertz CT molecular complexity index is 482. The van der Waals surface area contributed by atoms with E-state index in [-0.39, 0.29) is 0 Å². The molecule has 1 aromatic carbocycles. The second kappa shape index (κ2) is 7.41. The molecule has 0 atom stereocenters. The van der Waals surface area contributed by atoms with Gasteiger partial charge in [0.15, 0.2) is 0 Å². The first kappa shape index (κ1) is 13.4. The van der Waals surface area contributed by atoms with Crippen molar-refractivity contribution in [2.75, 3.05) is 23.7 Å². The third-order valence-electron chi connectivity index (χ3n) is 2.93. The van der Waals surface area contributed by atoms with E-state index in [0.717, 1.165) is 37.4 Å². The normalized spacial score (nSPS) is 10.2. The van der Waals surface area contributed by atoms with E-state index in [1.807, 2.05) is 18.3 Å². The molecule has 1 aromatic heterocycles. The number of nitrogens with zero attached hydrogens (tertiary/aromatic N) is 1. The number of nitrogens with one attached hydrogen (secondary N) is 2. The summed E-state index contributed by atoms with van der Waals surface area (Å²) in [6, 6.07) is 14.6. The maximum absolute atomic E-state index is 4.25. The Hall–Kier alpha value is -2.03. The Morgan fingerprint density at radius 3 is 2.68 bits per heavy atom. The van der Waals surface area contributed by atoms with Crippen LogP contribution in [0, 0.1) is 0 Å². The van der Waals surface area contributed by atoms with Crippen LogP contribution in [0.2, 0.25) is 0 Å². The Balaban J connectivity index is 1.75. The largest absolute Gasteiger partial charge is 0.385 e. The van der Waals surface area contributed by atoms with E-state index in [4.69, 9.17) is 0 Å². The lowest BCUT2D eigenvalue weighted by Gasteiger charge is -2.08. The molecule has 0 saturated heterocycles. The van der Waals surface area contributed by atoms with Gasteiger partial charge >= 0.3 is 0 Å². The second-order valence-corrected chi connectivity index (χ2v) is 4.48. The van der Waals surface area contributed by atoms with Crippen LogP contribution in [0.5, 0.6) is 0 Å². The van der Waals surface area contributed by atoms with E-state index in [9.17, 15) is 0 Å². The molecule has 100 valence electrons. The molecular weight excluding hydrogens is 234 g/mol. The molecule has 0 aliphatic carbocycles. The van der Waals surface area contributed by atoms with E-state index in [2.05, 4.69) is 52.9 Å². The van der Waals surface area contributed by atoms with Crippen molar-refractivity contribution < 1.29 is 0 Å². The standard InChI is InChI=1S/C16H21N3/c1-2-17-16-13-15(10-12-19-16)18-11-6-9-14-7-4-3-5-8-14/h3-5,7-8,10,12-13H,2,6,9,11H2,1H3,(H2,17,18,19). The summed E-state index contributed by atoms with van der Waals surface area (Å²) in [7, 11) is 0. The summed E-state index contributed by atoms with van der Waals surface area (Å²) >= 11 is 0. The smallest absolute Gasteiger partial charge is 0.127 e. The first-order valence-electron chi connectivity index (χ1n) is 6.86. The van der Waals surface area contributed by atoms with Crippen molar-refractivity contribution in [3.8, 4) is 0 Å². The van der Waals surface area contributed by atoms with E-state index in [1.54, 1.807) is 0 Å². The Morgan fingerprint density at radius 2 is 1.89 bits per heavy atom. The molecule has 2 aromatic rings. The SMILES string of the molecule is CCNc1cc(NCCCc2ccccc2)ccn1. The summed E-state index contributed by atoms with van der Waals surface area (Å²) in [6.07, 6.45) is 4.07. The van der Waals surface area contributed by atoms with Gasteiger partial charge in [-0.05, 0) is 31.4 Å². The topological polar surface area (TPSA) is 37.0 Å². The molecule has 0 saturated carbocycles. The molecule has 0 aliphatic heterocycles. The van der Waals surface area contributed by atoms with Gasteiger partial charge in [-0.15, -0.1) is 0 Å². The van der Waals surface area contributed by atoms with E-state index in [1.165, 1.54) is 5.56 Å². The van der Waals surface area contributed by atoms with Crippen LogP contribution in [0.25, 0.3) is 0 Å². The maximum Gasteiger partial charge on any atom is 0.127 e. The molecule has 0 fully saturated rings. The van der Waals surface area contributed by atoms with Crippen LogP contribution in [0.1, 0.15) is 18.9 Å². The fourth-order valence-electron chi connectivity index (χ4n) is 1.99. The summed E-state index contributed by atoms with van der Waals surface area (Å²) < 4.78 is 0. The summed E-state index contributed by atoms with van der Waals surface area (Å²) in [4.78, 5) is 4.25. The Kier molecular flexibility index (Phi) is 5.23. The van der Waals surface area contributed by atoms with Crippen molar-refractivity contribution in [3.63, 3.8) is 0 Å². The zero-order valence-corrected chi connectivity index (χ0v) is 11.4. The third kappa shape index (κ3) is 4.62. The van der Waals surface area contributed by atoms with Crippen molar-refractivity contribution in [2.24, 2.45) is 0 Å². The zero-order chi connectivity index (χ0) is 13.3. The lowest BCUT2D eigenvalue weighted by molar-refractivity contribution is 0.863. The molecule has 0 unspecified atom stereocenters. The molecule has 1 heterocycles. The number of pyridine rings is 1. The minimum absolute atomic E-state index is 0.893. The van der Waals surface area contributed by atoms with Crippen molar-refractivity contribution in [2.45, 2.75) is 19.8 Å². The van der Waals surface area contributed by atoms with E-state index >= 15 is 0 Å². The zero-order valence-electron chi connectivity index (χ0n) is 11.4. The first-order valence-corrected chi connectivity index (χ1v) is 6.86. The van der Waals surface area contributed by atoms with Crippen LogP contribution in [0.3, 0.4) is 0 Å². The number of aryl methyl sites for hydroxylation is 1. The summed E-state index contributed by atoms with van der Waals surface area (Å²) in [5, 5.41) is 6.65. The number of hydrogen-bond acceptors (Lipinski definition) is 3. The van der Waals surface area contributed by atoms with Gasteiger partial charge in [-0.1, -0.05) is 30.3 Å². The van der Waals surface area contributed by atoms with Crippen LogP contribution >= 0.6 is 0 Å². The number of benzene rings is 1. The minimum atomic E-state index is 0.893. The maximum atomic E-state index is 4.25. The average molecular weight is 255 g/mol. The lowest BCUT2D eigenvalue weighted by atomic mass is 10.1. The fourth-order valence-corrected chi connectivity index (χ4v) is 1.99. The van der Waals surface area contributed by atoms with Crippen molar-refractivity contribution >= 4 is 11.5 Å². The van der Waals surface area contributed by atoms with Gasteiger partial charge in [0.05, 0.1) is 0 Å². The molecule has 0 aliphatic rings. The highest BCUT2D eigenvalue weighted by Crippen LogP contribution is 2.12. The van der Waals surface area contributed by atoms with Gasteiger partial charge < -0.3 is 10.6 Å². The quantitative estimate of drug-likeness (QED) is 0.743. The first-order chi connectivity index (χ1) is 9.38. The Morgan fingerprint density at radius 1 is 1.05 bits per heavy atom. The molecule has 2 rings (SSSR count). The molecule has 0 spiro atoms. The third-order valence-corrected chi connectivity index (χ3v) is 2.93. The molecule has 3 heteroatoms. The molecular formula is C16H21N3. The van der Waals surface area contributed by atoms with Crippen molar-refractivity contribution in [1.29, 1.82) is 0 Å². The van der Waals surface area contributed by atoms with Gasteiger partial charge in [-0.2, -0.15) is 0 Å². The molecule has 3 nitrogen and oxygen atoms in total. The second-order valence-electron chi connectivity index (χ2n) is 4.48. The van der Waals surface area contributed by atoms with Crippen LogP contribution in [-0.4, -0.2) is 18.1 Å². The molecule has 0 radical (unpaired) electrons. The molecule has 19 heavy (non-hydrogen) atoms. The highest BCUT2D eigenvalue weighted by Gasteiger charge is 1.96. The highest BCUT2D eigenvalue weighted by molar-refractivity contribution is 5.51. The molecule has 0 bridgehead atoms. The van der Waals surface area contributed by atoms with Gasteiger partial charge in [0.2, 0.25) is 0 Å². The summed E-state index contributed by atoms with van der Waals surface area (Å²) in [6.45, 7) is 3.94. The Labute approximate surface area is 115 Å². The number of aromatic nitrogens is 1. The molecule has 0 amide bonds. The van der Waals surface area contributed by atoms with Crippen LogP contribution in [0.4, 0.5) is 11.5 Å². The van der Waals surface area contributed by atoms with Crippen LogP contribution in [-0.2, 0) is 6.42 Å². The minimum Gasteiger partial charge on any atom is -0.385 e. The van der Waals surface area contributed by atoms with Gasteiger partial charge in [-0.3, -0.25) is 0 Å². The number of rotatable bonds is 7. The predicted octanol–water partition coefficient (Wildman–Crippen LogP) is 3.56. The highest BCUT2D eigenvalue weighted by atomic mass is 15.0. The number of hydrogen-bond donors (Lipinski definition) is 2. The molecule has 2 N–H and O–H groups in total. The van der Waals surface area contributed by atoms with Gasteiger partial charge in [0, 0.05) is 31.0 Å². The predicted molar refractivity (Wildman–Crippen MR) is 81.7 cm³/mol. The van der Waals surface area contributed by atoms with Crippen LogP contribution < -0.4 is 10.6 Å². The average Bonchev–Trinajstić information content (AvgIpc) is 2.46. The fraction of sp³-hybridized carbons (Fsp3) is 0.312. The van der Waals surface area contributed by atoms with Gasteiger partial charge in [0.25, 0.3) is 0 Å². The number of anilines is 2. The monoisotopic (exact) mass is 255 g/mol. The van der Waals surface area contributed by atoms with E-state index < -0.39 is 0 Å². The van der Waals surface area contributed by atoms with Crippen molar-refractivity contribution in [1.82, 2.24) is 4.98 Å². The summed E-state index contributed by atoms with van der Waals surface area (Å²) in [5.74, 6) is 0.926. The lowest BCUT2D eigenvalue weighted by Crippen LogP contribution is -2.05. The van der Waals surface area contributed by atoms with Gasteiger partial charge in [-0.25, -0.2) is 4.98 Å².